The van der Waals surface area contributed by atoms with Crippen LogP contribution in [0.5, 0.6) is 5.75 Å². The zero-order chi connectivity index (χ0) is 25.5. The van der Waals surface area contributed by atoms with Crippen molar-refractivity contribution in [2.24, 2.45) is 0 Å². The minimum absolute atomic E-state index is 0.0174. The minimum Gasteiger partial charge on any atom is -0.490 e. The van der Waals surface area contributed by atoms with E-state index in [-0.39, 0.29) is 19.1 Å². The molecule has 1 atom stereocenters. The van der Waals surface area contributed by atoms with Crippen molar-refractivity contribution in [2.45, 2.75) is 46.1 Å². The summed E-state index contributed by atoms with van der Waals surface area (Å²) in [6, 6.07) is 9.32. The highest BCUT2D eigenvalue weighted by molar-refractivity contribution is 5.78. The normalized spacial score (nSPS) is 12.0. The molecule has 0 aliphatic carbocycles. The zero-order valence-corrected chi connectivity index (χ0v) is 20.4. The van der Waals surface area contributed by atoms with Gasteiger partial charge in [-0.1, -0.05) is 25.9 Å². The second-order valence-electron chi connectivity index (χ2n) is 8.65. The molecule has 3 rings (SSSR count). The third kappa shape index (κ3) is 6.52. The van der Waals surface area contributed by atoms with E-state index in [4.69, 9.17) is 14.4 Å². The van der Waals surface area contributed by atoms with Crippen LogP contribution in [0.3, 0.4) is 0 Å². The number of aliphatic hydroxyl groups excluding tert-OH is 2. The first-order valence-electron chi connectivity index (χ1n) is 11.5. The summed E-state index contributed by atoms with van der Waals surface area (Å²) in [5.74, 6) is 1.07. The molecule has 1 amide bonds. The van der Waals surface area contributed by atoms with Gasteiger partial charge in [0.1, 0.15) is 31.4 Å². The van der Waals surface area contributed by atoms with Crippen LogP contribution < -0.4 is 10.1 Å². The minimum atomic E-state index is -0.924. The molecule has 0 aliphatic heterocycles. The van der Waals surface area contributed by atoms with Gasteiger partial charge in [0.25, 0.3) is 5.89 Å². The van der Waals surface area contributed by atoms with Crippen molar-refractivity contribution < 1.29 is 29.1 Å². The lowest BCUT2D eigenvalue weighted by molar-refractivity contribution is -0.124. The van der Waals surface area contributed by atoms with Gasteiger partial charge in [-0.2, -0.15) is 4.98 Å². The van der Waals surface area contributed by atoms with Crippen LogP contribution in [0.15, 0.2) is 34.9 Å². The summed E-state index contributed by atoms with van der Waals surface area (Å²) in [5, 5.41) is 25.4. The van der Waals surface area contributed by atoms with Crippen LogP contribution in [-0.2, 0) is 11.2 Å². The van der Waals surface area contributed by atoms with E-state index in [2.05, 4.69) is 29.3 Å². The van der Waals surface area contributed by atoms with Crippen molar-refractivity contribution in [1.29, 1.82) is 0 Å². The van der Waals surface area contributed by atoms with Gasteiger partial charge in [-0.15, -0.1) is 0 Å². The molecule has 1 aromatic heterocycles. The molecule has 3 aromatic rings. The third-order valence-electron chi connectivity index (χ3n) is 5.54. The monoisotopic (exact) mass is 481 g/mol. The Morgan fingerprint density at radius 2 is 1.97 bits per heavy atom. The van der Waals surface area contributed by atoms with Crippen molar-refractivity contribution in [2.75, 3.05) is 19.8 Å². The molecule has 0 saturated heterocycles. The first-order chi connectivity index (χ1) is 16.7. The number of aromatic nitrogens is 2. The highest BCUT2D eigenvalue weighted by Crippen LogP contribution is 2.32. The van der Waals surface area contributed by atoms with Gasteiger partial charge in [-0.05, 0) is 66.3 Å². The van der Waals surface area contributed by atoms with Gasteiger partial charge in [0.15, 0.2) is 0 Å². The molecule has 2 aromatic carbocycles. The molecule has 1 unspecified atom stereocenters. The summed E-state index contributed by atoms with van der Waals surface area (Å²) in [7, 11) is 0. The average molecular weight is 482 g/mol. The number of carbonyl (C=O) groups is 2. The van der Waals surface area contributed by atoms with Gasteiger partial charge < -0.3 is 24.8 Å². The zero-order valence-electron chi connectivity index (χ0n) is 20.4. The molecule has 3 N–H and O–H groups in total. The third-order valence-corrected chi connectivity index (χ3v) is 5.54. The van der Waals surface area contributed by atoms with Gasteiger partial charge in [0.05, 0.1) is 0 Å². The van der Waals surface area contributed by atoms with E-state index >= 15 is 0 Å². The predicted octanol–water partition coefficient (Wildman–Crippen LogP) is 3.06. The Morgan fingerprint density at radius 1 is 1.20 bits per heavy atom. The number of hydrogen-bond donors (Lipinski definition) is 3. The van der Waals surface area contributed by atoms with Crippen LogP contribution in [0.2, 0.25) is 0 Å². The molecular formula is C26H31N3O6. The van der Waals surface area contributed by atoms with E-state index in [9.17, 15) is 14.7 Å². The summed E-state index contributed by atoms with van der Waals surface area (Å²) in [5.41, 5.74) is 4.74. The fourth-order valence-electron chi connectivity index (χ4n) is 3.63. The lowest BCUT2D eigenvalue weighted by Crippen LogP contribution is -2.36. The van der Waals surface area contributed by atoms with Crippen LogP contribution >= 0.6 is 0 Å². The fraction of sp³-hybridized carbons (Fsp3) is 0.385. The lowest BCUT2D eigenvalue weighted by Gasteiger charge is -2.17. The van der Waals surface area contributed by atoms with Gasteiger partial charge in [-0.3, -0.25) is 9.59 Å². The van der Waals surface area contributed by atoms with Gasteiger partial charge in [0.2, 0.25) is 11.7 Å². The molecule has 35 heavy (non-hydrogen) atoms. The van der Waals surface area contributed by atoms with Crippen LogP contribution in [0, 0.1) is 6.92 Å². The second-order valence-corrected chi connectivity index (χ2v) is 8.65. The van der Waals surface area contributed by atoms with E-state index < -0.39 is 18.6 Å². The Labute approximate surface area is 204 Å². The maximum Gasteiger partial charge on any atom is 0.258 e. The summed E-state index contributed by atoms with van der Waals surface area (Å²) in [6.45, 7) is 7.31. The summed E-state index contributed by atoms with van der Waals surface area (Å²) in [4.78, 5) is 27.1. The number of rotatable bonds is 11. The number of amides is 1. The Hall–Kier alpha value is -3.56. The summed E-state index contributed by atoms with van der Waals surface area (Å²) < 4.78 is 11.4. The van der Waals surface area contributed by atoms with E-state index in [1.54, 1.807) is 6.07 Å². The van der Waals surface area contributed by atoms with Crippen molar-refractivity contribution in [3.05, 3.63) is 52.6 Å². The first-order valence-corrected chi connectivity index (χ1v) is 11.5. The van der Waals surface area contributed by atoms with Crippen LogP contribution in [0.4, 0.5) is 0 Å². The van der Waals surface area contributed by atoms with Crippen LogP contribution in [0.25, 0.3) is 22.8 Å². The summed E-state index contributed by atoms with van der Waals surface area (Å²) >= 11 is 0. The largest absolute Gasteiger partial charge is 0.490 e. The van der Waals surface area contributed by atoms with E-state index in [1.807, 2.05) is 38.1 Å². The molecule has 0 spiro atoms. The molecule has 9 nitrogen and oxygen atoms in total. The fourth-order valence-corrected chi connectivity index (χ4v) is 3.63. The predicted molar refractivity (Wildman–Crippen MR) is 130 cm³/mol. The average Bonchev–Trinajstić information content (AvgIpc) is 3.36. The summed E-state index contributed by atoms with van der Waals surface area (Å²) in [6.07, 6.45) is 0.553. The highest BCUT2D eigenvalue weighted by atomic mass is 16.5. The second kappa shape index (κ2) is 11.7. The van der Waals surface area contributed by atoms with Crippen molar-refractivity contribution in [3.63, 3.8) is 0 Å². The Bertz CT molecular complexity index is 1190. The Kier molecular flexibility index (Phi) is 8.73. The Balaban J connectivity index is 1.82. The molecule has 0 radical (unpaired) electrons. The van der Waals surface area contributed by atoms with Gasteiger partial charge in [0, 0.05) is 23.2 Å². The maximum atomic E-state index is 11.4. The number of aldehydes is 1. The number of benzene rings is 2. The van der Waals surface area contributed by atoms with E-state index in [0.717, 1.165) is 28.5 Å². The van der Waals surface area contributed by atoms with Crippen LogP contribution in [0.1, 0.15) is 53.7 Å². The lowest BCUT2D eigenvalue weighted by atomic mass is 9.98. The Morgan fingerprint density at radius 3 is 2.63 bits per heavy atom. The molecular weight excluding hydrogens is 450 g/mol. The molecule has 0 saturated carbocycles. The van der Waals surface area contributed by atoms with Crippen molar-refractivity contribution in [1.82, 2.24) is 15.5 Å². The van der Waals surface area contributed by atoms with Gasteiger partial charge in [-0.25, -0.2) is 0 Å². The van der Waals surface area contributed by atoms with E-state index in [0.29, 0.717) is 35.0 Å². The van der Waals surface area contributed by atoms with Gasteiger partial charge >= 0.3 is 0 Å². The molecule has 0 fully saturated rings. The molecule has 0 aliphatic rings. The number of ether oxygens (including phenoxy) is 1. The number of nitrogens with zero attached hydrogens (tertiary/aromatic N) is 2. The first kappa shape index (κ1) is 26.1. The number of carbonyl (C=O) groups excluding carboxylic acids is 2. The smallest absolute Gasteiger partial charge is 0.258 e. The van der Waals surface area contributed by atoms with Crippen LogP contribution in [-0.4, -0.2) is 58.4 Å². The number of aliphatic hydroxyl groups is 2. The SMILES string of the molecule is CCc1cc(-c2noc(-c3cc(C=O)cc(C(C)C)c3)n2)cc(C)c1OCC(O)CNC(=O)CO. The molecule has 9 heteroatoms. The van der Waals surface area contributed by atoms with Crippen molar-refractivity contribution >= 4 is 12.2 Å². The number of aryl methyl sites for hydroxylation is 2. The molecule has 0 bridgehead atoms. The van der Waals surface area contributed by atoms with E-state index in [1.165, 1.54) is 0 Å². The maximum absolute atomic E-state index is 11.4. The number of hydrogen-bond acceptors (Lipinski definition) is 8. The molecule has 1 heterocycles. The molecule has 186 valence electrons. The standard InChI is InChI=1S/C26H31N3O6/c1-5-18-9-20(6-16(4)24(18)34-14-22(32)11-27-23(33)13-31)25-28-26(35-29-25)21-8-17(12-30)7-19(10-21)15(2)3/h6-10,12,15,22,31-32H,5,11,13-14H2,1-4H3,(H,27,33). The van der Waals surface area contributed by atoms with Crippen molar-refractivity contribution in [3.8, 4) is 28.6 Å². The quantitative estimate of drug-likeness (QED) is 0.356. The topological polar surface area (TPSA) is 135 Å². The highest BCUT2D eigenvalue weighted by Gasteiger charge is 2.17. The number of nitrogens with one attached hydrogen (secondary N) is 1.